The minimum Gasteiger partial charge on any atom is -0.481 e. The minimum atomic E-state index is 0.164. The maximum absolute atomic E-state index is 11.6. The SMILES string of the molecule is COc1nc(-c2cccc(-c3cccc(-c4ccc(CNC5CC6(C5)CN(C(C)=O)C6)c(OC)n4)c3Cl)c2Cl)ccc1CCC1CC2(C1)CN(C(C)=O)C2. The number of carbonyl (C=O) groups excluding carboxylic acids is 2. The van der Waals surface area contributed by atoms with Gasteiger partial charge in [0.15, 0.2) is 0 Å². The first-order chi connectivity index (χ1) is 26.0. The number of halogens is 2. The summed E-state index contributed by atoms with van der Waals surface area (Å²) >= 11 is 14.3. The van der Waals surface area contributed by atoms with E-state index in [0.717, 1.165) is 90.9 Å². The molecule has 2 aromatic carbocycles. The summed E-state index contributed by atoms with van der Waals surface area (Å²) in [7, 11) is 3.30. The molecule has 2 saturated carbocycles. The van der Waals surface area contributed by atoms with E-state index in [2.05, 4.69) is 11.4 Å². The molecule has 2 spiro atoms. The normalized spacial score (nSPS) is 19.5. The lowest BCUT2D eigenvalue weighted by Gasteiger charge is -2.59. The Morgan fingerprint density at radius 1 is 0.704 bits per heavy atom. The summed E-state index contributed by atoms with van der Waals surface area (Å²) in [6.45, 7) is 7.52. The zero-order chi connectivity index (χ0) is 37.8. The second-order valence-electron chi connectivity index (χ2n) is 16.1. The van der Waals surface area contributed by atoms with Gasteiger partial charge in [0.05, 0.1) is 35.7 Å². The molecule has 4 heterocycles. The molecule has 11 heteroatoms. The third-order valence-electron chi connectivity index (χ3n) is 12.3. The highest BCUT2D eigenvalue weighted by molar-refractivity contribution is 6.39. The maximum atomic E-state index is 11.6. The fourth-order valence-electron chi connectivity index (χ4n) is 9.39. The van der Waals surface area contributed by atoms with Gasteiger partial charge in [0.2, 0.25) is 23.6 Å². The number of aryl methyl sites for hydroxylation is 1. The minimum absolute atomic E-state index is 0.164. The molecule has 0 unspecified atom stereocenters. The van der Waals surface area contributed by atoms with E-state index in [1.807, 2.05) is 64.4 Å². The molecule has 0 bridgehead atoms. The molecular weight excluding hydrogens is 721 g/mol. The quantitative estimate of drug-likeness (QED) is 0.165. The van der Waals surface area contributed by atoms with Gasteiger partial charge in [-0.2, -0.15) is 0 Å². The Kier molecular flexibility index (Phi) is 9.86. The lowest BCUT2D eigenvalue weighted by molar-refractivity contribution is -0.153. The van der Waals surface area contributed by atoms with Crippen LogP contribution in [0.25, 0.3) is 33.6 Å². The molecule has 2 saturated heterocycles. The molecule has 8 rings (SSSR count). The van der Waals surface area contributed by atoms with E-state index in [4.69, 9.17) is 42.6 Å². The van der Waals surface area contributed by atoms with Crippen molar-refractivity contribution in [2.45, 2.75) is 65.0 Å². The fraction of sp³-hybridized carbons (Fsp3) is 0.442. The number of amides is 2. The Bertz CT molecular complexity index is 1950. The molecule has 4 fully saturated rings. The first-order valence-corrected chi connectivity index (χ1v) is 19.7. The first-order valence-electron chi connectivity index (χ1n) is 18.9. The molecule has 4 aliphatic rings. The highest BCUT2D eigenvalue weighted by atomic mass is 35.5. The first kappa shape index (κ1) is 36.8. The molecule has 4 aromatic rings. The van der Waals surface area contributed by atoms with Crippen LogP contribution in [0.3, 0.4) is 0 Å². The number of carbonyl (C=O) groups is 2. The number of aromatic nitrogens is 2. The number of pyridine rings is 2. The second kappa shape index (κ2) is 14.5. The van der Waals surface area contributed by atoms with Crippen LogP contribution in [-0.4, -0.2) is 78.0 Å². The molecule has 54 heavy (non-hydrogen) atoms. The molecule has 0 atom stereocenters. The molecule has 9 nitrogen and oxygen atoms in total. The van der Waals surface area contributed by atoms with E-state index in [-0.39, 0.29) is 11.8 Å². The third kappa shape index (κ3) is 6.84. The average molecular weight is 769 g/mol. The number of benzene rings is 2. The summed E-state index contributed by atoms with van der Waals surface area (Å²) < 4.78 is 11.5. The van der Waals surface area contributed by atoms with Crippen LogP contribution in [0, 0.1) is 16.7 Å². The number of nitrogens with zero attached hydrogens (tertiary/aromatic N) is 4. The van der Waals surface area contributed by atoms with Crippen LogP contribution >= 0.6 is 23.2 Å². The van der Waals surface area contributed by atoms with Gasteiger partial charge in [0.1, 0.15) is 0 Å². The highest BCUT2D eigenvalue weighted by Gasteiger charge is 2.53. The molecule has 2 amide bonds. The molecule has 1 N–H and O–H groups in total. The lowest BCUT2D eigenvalue weighted by atomic mass is 9.56. The Balaban J connectivity index is 0.942. The molecule has 0 radical (unpaired) electrons. The Morgan fingerprint density at radius 2 is 1.17 bits per heavy atom. The summed E-state index contributed by atoms with van der Waals surface area (Å²) in [6.07, 6.45) is 6.51. The molecule has 282 valence electrons. The second-order valence-corrected chi connectivity index (χ2v) is 16.9. The van der Waals surface area contributed by atoms with Crippen molar-refractivity contribution in [2.75, 3.05) is 40.4 Å². The number of hydrogen-bond acceptors (Lipinski definition) is 7. The van der Waals surface area contributed by atoms with Crippen LogP contribution in [0.15, 0.2) is 60.7 Å². The topological polar surface area (TPSA) is 96.9 Å². The van der Waals surface area contributed by atoms with Gasteiger partial charge in [-0.15, -0.1) is 0 Å². The van der Waals surface area contributed by atoms with Crippen molar-refractivity contribution in [3.8, 4) is 45.4 Å². The summed E-state index contributed by atoms with van der Waals surface area (Å²) in [4.78, 5) is 36.9. The number of ether oxygens (including phenoxy) is 2. The maximum Gasteiger partial charge on any atom is 0.219 e. The number of nitrogens with one attached hydrogen (secondary N) is 1. The van der Waals surface area contributed by atoms with Gasteiger partial charge in [-0.25, -0.2) is 9.97 Å². The van der Waals surface area contributed by atoms with Crippen molar-refractivity contribution < 1.29 is 19.1 Å². The van der Waals surface area contributed by atoms with E-state index in [9.17, 15) is 9.59 Å². The Hall–Kier alpha value is -4.18. The monoisotopic (exact) mass is 767 g/mol. The number of rotatable bonds is 11. The van der Waals surface area contributed by atoms with Crippen LogP contribution in [-0.2, 0) is 22.6 Å². The summed E-state index contributed by atoms with van der Waals surface area (Å²) in [5.74, 6) is 2.19. The number of likely N-dealkylation sites (tertiary alicyclic amines) is 2. The smallest absolute Gasteiger partial charge is 0.219 e. The van der Waals surface area contributed by atoms with Crippen LogP contribution in [0.4, 0.5) is 0 Å². The van der Waals surface area contributed by atoms with E-state index >= 15 is 0 Å². The largest absolute Gasteiger partial charge is 0.481 e. The molecule has 2 aromatic heterocycles. The lowest BCUT2D eigenvalue weighted by Crippen LogP contribution is -2.66. The average Bonchev–Trinajstić information content (AvgIpc) is 3.09. The van der Waals surface area contributed by atoms with E-state index in [0.29, 0.717) is 56.8 Å². The number of hydrogen-bond donors (Lipinski definition) is 1. The standard InChI is InChI=1S/C43H47Cl2N5O4/c1-26(51)49-22-42(23-49)17-28(18-42)11-12-29-13-15-36(47-40(29)53-3)34-9-5-7-32(38(34)44)33-8-6-10-35(39(33)45)37-16-14-30(41(48-37)54-4)21-46-31-19-43(20-31)24-50(25-43)27(2)52/h5-10,13-16,28,31,46H,11-12,17-25H2,1-4H3. The van der Waals surface area contributed by atoms with E-state index in [1.165, 1.54) is 12.8 Å². The van der Waals surface area contributed by atoms with Crippen molar-refractivity contribution in [3.63, 3.8) is 0 Å². The van der Waals surface area contributed by atoms with Gasteiger partial charge >= 0.3 is 0 Å². The third-order valence-corrected chi connectivity index (χ3v) is 13.1. The summed E-state index contributed by atoms with van der Waals surface area (Å²) in [5, 5.41) is 4.76. The summed E-state index contributed by atoms with van der Waals surface area (Å²) in [5.41, 5.74) is 7.33. The van der Waals surface area contributed by atoms with E-state index < -0.39 is 0 Å². The van der Waals surface area contributed by atoms with Gasteiger partial charge in [0, 0.05) is 96.8 Å². The van der Waals surface area contributed by atoms with Gasteiger partial charge in [-0.1, -0.05) is 71.7 Å². The predicted molar refractivity (Wildman–Crippen MR) is 212 cm³/mol. The van der Waals surface area contributed by atoms with Crippen molar-refractivity contribution >= 4 is 35.0 Å². The van der Waals surface area contributed by atoms with Crippen molar-refractivity contribution in [2.24, 2.45) is 16.7 Å². The van der Waals surface area contributed by atoms with Crippen LogP contribution in [0.5, 0.6) is 11.8 Å². The van der Waals surface area contributed by atoms with Crippen molar-refractivity contribution in [1.82, 2.24) is 25.1 Å². The van der Waals surface area contributed by atoms with Gasteiger partial charge in [0.25, 0.3) is 0 Å². The van der Waals surface area contributed by atoms with Crippen LogP contribution in [0.2, 0.25) is 10.0 Å². The van der Waals surface area contributed by atoms with Crippen molar-refractivity contribution in [1.29, 1.82) is 0 Å². The Morgan fingerprint density at radius 3 is 1.67 bits per heavy atom. The van der Waals surface area contributed by atoms with Gasteiger partial charge in [-0.05, 0) is 56.6 Å². The summed E-state index contributed by atoms with van der Waals surface area (Å²) in [6, 6.07) is 20.4. The van der Waals surface area contributed by atoms with E-state index in [1.54, 1.807) is 28.1 Å². The number of methoxy groups -OCH3 is 2. The molecular formula is C43H47Cl2N5O4. The van der Waals surface area contributed by atoms with Crippen LogP contribution < -0.4 is 14.8 Å². The van der Waals surface area contributed by atoms with Crippen LogP contribution in [0.1, 0.15) is 57.1 Å². The van der Waals surface area contributed by atoms with Gasteiger partial charge in [-0.3, -0.25) is 9.59 Å². The van der Waals surface area contributed by atoms with Gasteiger partial charge < -0.3 is 24.6 Å². The zero-order valence-electron chi connectivity index (χ0n) is 31.4. The molecule has 2 aliphatic carbocycles. The zero-order valence-corrected chi connectivity index (χ0v) is 32.9. The predicted octanol–water partition coefficient (Wildman–Crippen LogP) is 8.09. The Labute approximate surface area is 327 Å². The fourth-order valence-corrected chi connectivity index (χ4v) is 10.0. The molecule has 2 aliphatic heterocycles. The van der Waals surface area contributed by atoms with Crippen molar-refractivity contribution in [3.05, 3.63) is 81.8 Å². The highest BCUT2D eigenvalue weighted by Crippen LogP contribution is 2.53.